The predicted octanol–water partition coefficient (Wildman–Crippen LogP) is 3.07. The lowest BCUT2D eigenvalue weighted by molar-refractivity contribution is -0.170. The average molecular weight is 263 g/mol. The number of amides is 1. The fraction of sp³-hybridized carbons (Fsp3) is 0.417. The van der Waals surface area contributed by atoms with Gasteiger partial charge in [-0.15, -0.1) is 0 Å². The second-order valence-electron chi connectivity index (χ2n) is 3.98. The first-order chi connectivity index (χ1) is 8.26. The molecule has 0 aliphatic carbocycles. The van der Waals surface area contributed by atoms with Crippen molar-refractivity contribution >= 4 is 5.91 Å². The van der Waals surface area contributed by atoms with E-state index in [4.69, 9.17) is 0 Å². The Morgan fingerprint density at radius 1 is 1.28 bits per heavy atom. The summed E-state index contributed by atoms with van der Waals surface area (Å²) < 4.78 is 49.5. The fourth-order valence-electron chi connectivity index (χ4n) is 1.54. The van der Waals surface area contributed by atoms with E-state index in [0.717, 1.165) is 5.56 Å². The van der Waals surface area contributed by atoms with E-state index in [1.54, 1.807) is 31.2 Å². The van der Waals surface area contributed by atoms with Crippen molar-refractivity contribution in [2.75, 3.05) is 0 Å². The molecule has 1 aromatic rings. The highest BCUT2D eigenvalue weighted by atomic mass is 19.3. The van der Waals surface area contributed by atoms with E-state index >= 15 is 0 Å². The third-order valence-electron chi connectivity index (χ3n) is 2.58. The van der Waals surface area contributed by atoms with E-state index in [0.29, 0.717) is 5.56 Å². The molecule has 6 heteroatoms. The molecule has 1 N–H and O–H groups in total. The molecule has 1 aromatic carbocycles. The number of benzene rings is 1. The normalized spacial score (nSPS) is 13.5. The van der Waals surface area contributed by atoms with Gasteiger partial charge in [0.25, 0.3) is 5.91 Å². The standard InChI is InChI=1S/C12H13F4NO/c1-7-5-3-4-6-9(7)8(2)17-11(18)12(15,16)10(13)14/h3-6,8,10H,1-2H3,(H,17,18). The molecule has 0 aliphatic rings. The third-order valence-corrected chi connectivity index (χ3v) is 2.58. The molecule has 0 aromatic heterocycles. The zero-order valence-electron chi connectivity index (χ0n) is 9.88. The highest BCUT2D eigenvalue weighted by molar-refractivity contribution is 5.84. The van der Waals surface area contributed by atoms with Gasteiger partial charge in [0.15, 0.2) is 0 Å². The first-order valence-corrected chi connectivity index (χ1v) is 5.29. The summed E-state index contributed by atoms with van der Waals surface area (Å²) in [6.45, 7) is 3.20. The van der Waals surface area contributed by atoms with Crippen LogP contribution in [0.25, 0.3) is 0 Å². The van der Waals surface area contributed by atoms with Gasteiger partial charge in [-0.3, -0.25) is 4.79 Å². The Balaban J connectivity index is 2.81. The van der Waals surface area contributed by atoms with Gasteiger partial charge in [0, 0.05) is 0 Å². The molecule has 2 nitrogen and oxygen atoms in total. The maximum absolute atomic E-state index is 12.8. The van der Waals surface area contributed by atoms with Crippen molar-refractivity contribution in [2.24, 2.45) is 0 Å². The number of carbonyl (C=O) groups excluding carboxylic acids is 1. The molecule has 1 atom stereocenters. The maximum Gasteiger partial charge on any atom is 0.383 e. The Labute approximate surface area is 102 Å². The van der Waals surface area contributed by atoms with Crippen LogP contribution < -0.4 is 5.32 Å². The zero-order valence-corrected chi connectivity index (χ0v) is 9.88. The van der Waals surface area contributed by atoms with Gasteiger partial charge < -0.3 is 5.32 Å². The number of rotatable bonds is 4. The van der Waals surface area contributed by atoms with E-state index in [-0.39, 0.29) is 0 Å². The van der Waals surface area contributed by atoms with Crippen molar-refractivity contribution in [3.8, 4) is 0 Å². The second-order valence-corrected chi connectivity index (χ2v) is 3.98. The molecule has 0 fully saturated rings. The molecule has 1 rings (SSSR count). The van der Waals surface area contributed by atoms with Crippen LogP contribution in [0.5, 0.6) is 0 Å². The molecule has 18 heavy (non-hydrogen) atoms. The quantitative estimate of drug-likeness (QED) is 0.831. The Bertz CT molecular complexity index is 434. The van der Waals surface area contributed by atoms with Crippen LogP contribution in [0.4, 0.5) is 17.6 Å². The molecule has 0 spiro atoms. The number of nitrogens with one attached hydrogen (secondary N) is 1. The number of halogens is 4. The summed E-state index contributed by atoms with van der Waals surface area (Å²) in [5, 5.41) is 1.89. The van der Waals surface area contributed by atoms with Crippen LogP contribution in [-0.2, 0) is 4.79 Å². The van der Waals surface area contributed by atoms with Crippen molar-refractivity contribution in [2.45, 2.75) is 32.2 Å². The lowest BCUT2D eigenvalue weighted by Gasteiger charge is -2.20. The first-order valence-electron chi connectivity index (χ1n) is 5.29. The van der Waals surface area contributed by atoms with Crippen molar-refractivity contribution < 1.29 is 22.4 Å². The first kappa shape index (κ1) is 14.5. The molecule has 100 valence electrons. The molecular weight excluding hydrogens is 250 g/mol. The number of carbonyl (C=O) groups is 1. The molecule has 1 unspecified atom stereocenters. The van der Waals surface area contributed by atoms with Gasteiger partial charge >= 0.3 is 12.3 Å². The van der Waals surface area contributed by atoms with Gasteiger partial charge in [-0.25, -0.2) is 8.78 Å². The van der Waals surface area contributed by atoms with Crippen molar-refractivity contribution in [3.05, 3.63) is 35.4 Å². The summed E-state index contributed by atoms with van der Waals surface area (Å²) in [6.07, 6.45) is -4.01. The summed E-state index contributed by atoms with van der Waals surface area (Å²) in [6, 6.07) is 6.05. The van der Waals surface area contributed by atoms with Crippen molar-refractivity contribution in [1.29, 1.82) is 0 Å². The second kappa shape index (κ2) is 5.37. The van der Waals surface area contributed by atoms with E-state index in [2.05, 4.69) is 0 Å². The molecule has 1 amide bonds. The molecule has 0 radical (unpaired) electrons. The lowest BCUT2D eigenvalue weighted by Crippen LogP contribution is -2.46. The monoisotopic (exact) mass is 263 g/mol. The summed E-state index contributed by atoms with van der Waals surface area (Å²) in [5.41, 5.74) is 1.39. The highest BCUT2D eigenvalue weighted by Crippen LogP contribution is 2.25. The molecule has 0 saturated heterocycles. The summed E-state index contributed by atoms with van der Waals surface area (Å²) in [5.74, 6) is -6.63. The maximum atomic E-state index is 12.8. The highest BCUT2D eigenvalue weighted by Gasteiger charge is 2.49. The van der Waals surface area contributed by atoms with E-state index in [1.165, 1.54) is 6.92 Å². The molecule has 0 heterocycles. The topological polar surface area (TPSA) is 29.1 Å². The number of hydrogen-bond donors (Lipinski definition) is 1. The van der Waals surface area contributed by atoms with Gasteiger partial charge in [-0.1, -0.05) is 24.3 Å². The van der Waals surface area contributed by atoms with Crippen molar-refractivity contribution in [1.82, 2.24) is 5.32 Å². The summed E-state index contributed by atoms with van der Waals surface area (Å²) >= 11 is 0. The minimum Gasteiger partial charge on any atom is -0.344 e. The predicted molar refractivity (Wildman–Crippen MR) is 58.7 cm³/mol. The van der Waals surface area contributed by atoms with Gasteiger partial charge in [-0.2, -0.15) is 8.78 Å². The van der Waals surface area contributed by atoms with Crippen LogP contribution >= 0.6 is 0 Å². The van der Waals surface area contributed by atoms with E-state index < -0.39 is 24.3 Å². The van der Waals surface area contributed by atoms with Crippen LogP contribution in [0.15, 0.2) is 24.3 Å². The molecule has 0 aliphatic heterocycles. The Kier molecular flexibility index (Phi) is 4.32. The number of aryl methyl sites for hydroxylation is 1. The molecule has 0 bridgehead atoms. The molecular formula is C12H13F4NO. The number of hydrogen-bond acceptors (Lipinski definition) is 1. The SMILES string of the molecule is Cc1ccccc1C(C)NC(=O)C(F)(F)C(F)F. The Morgan fingerprint density at radius 3 is 2.33 bits per heavy atom. The van der Waals surface area contributed by atoms with Crippen LogP contribution in [0.2, 0.25) is 0 Å². The van der Waals surface area contributed by atoms with Crippen LogP contribution in [0, 0.1) is 6.92 Å². The van der Waals surface area contributed by atoms with Crippen LogP contribution in [0.3, 0.4) is 0 Å². The van der Waals surface area contributed by atoms with Crippen LogP contribution in [0.1, 0.15) is 24.1 Å². The largest absolute Gasteiger partial charge is 0.383 e. The average Bonchev–Trinajstić information content (AvgIpc) is 2.28. The molecule has 0 saturated carbocycles. The Hall–Kier alpha value is -1.59. The van der Waals surface area contributed by atoms with E-state index in [1.807, 2.05) is 5.32 Å². The third kappa shape index (κ3) is 3.00. The van der Waals surface area contributed by atoms with Gasteiger partial charge in [0.1, 0.15) is 0 Å². The number of alkyl halides is 4. The van der Waals surface area contributed by atoms with Crippen LogP contribution in [-0.4, -0.2) is 18.3 Å². The van der Waals surface area contributed by atoms with Gasteiger partial charge in [0.05, 0.1) is 6.04 Å². The fourth-order valence-corrected chi connectivity index (χ4v) is 1.54. The minimum absolute atomic E-state index is 0.607. The smallest absolute Gasteiger partial charge is 0.344 e. The van der Waals surface area contributed by atoms with Gasteiger partial charge in [-0.05, 0) is 25.0 Å². The van der Waals surface area contributed by atoms with E-state index in [9.17, 15) is 22.4 Å². The lowest BCUT2D eigenvalue weighted by atomic mass is 10.0. The zero-order chi connectivity index (χ0) is 13.9. The van der Waals surface area contributed by atoms with Gasteiger partial charge in [0.2, 0.25) is 0 Å². The summed E-state index contributed by atoms with van der Waals surface area (Å²) in [7, 11) is 0. The minimum atomic E-state index is -4.67. The summed E-state index contributed by atoms with van der Waals surface area (Å²) in [4.78, 5) is 11.1. The van der Waals surface area contributed by atoms with Crippen molar-refractivity contribution in [3.63, 3.8) is 0 Å². The Morgan fingerprint density at radius 2 is 1.83 bits per heavy atom.